The lowest BCUT2D eigenvalue weighted by molar-refractivity contribution is -0.714. The van der Waals surface area contributed by atoms with Gasteiger partial charge >= 0.3 is 0 Å². The van der Waals surface area contributed by atoms with Gasteiger partial charge in [-0.2, -0.15) is 18.3 Å². The first-order valence-electron chi connectivity index (χ1n) is 44.1. The smallest absolute Gasteiger partial charge is 0.202 e. The van der Waals surface area contributed by atoms with E-state index < -0.39 is 0 Å². The highest BCUT2D eigenvalue weighted by Gasteiger charge is 2.31. The van der Waals surface area contributed by atoms with Crippen molar-refractivity contribution in [3.8, 4) is 22.7 Å². The molecule has 0 radical (unpaired) electrons. The first kappa shape index (κ1) is 73.5. The number of hydrogen-bond donors (Lipinski definition) is 0. The molecule has 6 heteroatoms. The Morgan fingerprint density at radius 3 is 0.541 bits per heavy atom. The van der Waals surface area contributed by atoms with Gasteiger partial charge in [0.1, 0.15) is 0 Å². The van der Waals surface area contributed by atoms with Gasteiger partial charge < -0.3 is 0 Å². The van der Waals surface area contributed by atoms with Crippen LogP contribution in [0.1, 0.15) is 152 Å². The number of benzene rings is 19. The second-order valence-electron chi connectivity index (χ2n) is 37.1. The van der Waals surface area contributed by atoms with E-state index in [4.69, 9.17) is 0 Å². The molecule has 6 heterocycles. The third-order valence-corrected chi connectivity index (χ3v) is 27.5. The summed E-state index contributed by atoms with van der Waals surface area (Å²) in [6, 6.07) is 88.1. The molecule has 0 aliphatic rings. The lowest BCUT2D eigenvalue weighted by atomic mass is 9.86. The van der Waals surface area contributed by atoms with Crippen molar-refractivity contribution in [3.63, 3.8) is 0 Å². The van der Waals surface area contributed by atoms with Crippen LogP contribution in [0.5, 0.6) is 0 Å². The summed E-state index contributed by atoms with van der Waals surface area (Å²) in [6.07, 6.45) is 27.8. The van der Waals surface area contributed by atoms with E-state index in [1.807, 2.05) is 0 Å². The number of aromatic nitrogens is 6. The molecule has 6 nitrogen and oxygen atoms in total. The fourth-order valence-electron chi connectivity index (χ4n) is 21.7. The summed E-state index contributed by atoms with van der Waals surface area (Å²) >= 11 is 0. The van der Waals surface area contributed by atoms with Crippen LogP contribution in [0, 0.1) is 13.8 Å². The second kappa shape index (κ2) is 27.4. The minimum Gasteiger partial charge on any atom is -0.202 e. The molecule has 0 N–H and O–H groups in total. The summed E-state index contributed by atoms with van der Waals surface area (Å²) in [7, 11) is 0. The molecule has 0 unspecified atom stereocenters. The Balaban J connectivity index is 0.000000109. The fourth-order valence-corrected chi connectivity index (χ4v) is 21.7. The number of nitrogens with zero attached hydrogens (tertiary/aromatic N) is 6. The van der Waals surface area contributed by atoms with Gasteiger partial charge in [0.15, 0.2) is 86.4 Å². The molecule has 25 aromatic rings. The minimum atomic E-state index is 0.435. The van der Waals surface area contributed by atoms with Crippen LogP contribution in [0.2, 0.25) is 0 Å². The number of pyridine rings is 6. The Hall–Kier alpha value is -13.7. The van der Waals surface area contributed by atoms with Gasteiger partial charge in [-0.3, -0.25) is 0 Å². The van der Waals surface area contributed by atoms with Crippen LogP contribution in [0.4, 0.5) is 0 Å². The van der Waals surface area contributed by atoms with E-state index in [0.717, 1.165) is 0 Å². The van der Waals surface area contributed by atoms with Crippen molar-refractivity contribution in [1.29, 1.82) is 0 Å². The highest BCUT2D eigenvalue weighted by Crippen LogP contribution is 2.50. The minimum absolute atomic E-state index is 0.435. The van der Waals surface area contributed by atoms with Gasteiger partial charge in [0.05, 0.1) is 0 Å². The van der Waals surface area contributed by atoms with E-state index in [1.54, 1.807) is 0 Å². The third-order valence-electron chi connectivity index (χ3n) is 27.5. The maximum absolute atomic E-state index is 2.41. The molecule has 0 saturated carbocycles. The second-order valence-corrected chi connectivity index (χ2v) is 37.1. The maximum Gasteiger partial charge on any atom is 0.217 e. The van der Waals surface area contributed by atoms with E-state index in [2.05, 4.69) is 429 Å². The van der Waals surface area contributed by atoms with Crippen molar-refractivity contribution in [2.45, 2.75) is 133 Å². The number of rotatable bonds is 10. The number of hydrogen-bond acceptors (Lipinski definition) is 0. The van der Waals surface area contributed by atoms with E-state index in [1.165, 1.54) is 250 Å². The largest absolute Gasteiger partial charge is 0.217 e. The molecule has 19 aromatic carbocycles. The quantitative estimate of drug-likeness (QED) is 0.0740. The van der Waals surface area contributed by atoms with Gasteiger partial charge in [-0.15, -0.1) is 0 Å². The summed E-state index contributed by atoms with van der Waals surface area (Å²) in [6.45, 7) is 31.7. The molecule has 0 atom stereocenters. The van der Waals surface area contributed by atoms with Crippen LogP contribution in [0.25, 0.3) is 217 Å². The standard InChI is InChI=1S/C48H46N2.C38H26N2.C30H26N2/c1-27(2)35-11-9-12-36(28(3)4)47(35)49-23-31-15-19-39-41-21-17-33-25-50(48-37(29(5)6)13-10-14-38(48)30(7)8)26-34-18-22-42(46(41)44(33)34)40-20-16-32(24-49)43(31)45(39)40;1-23-5-3-7-29(17-23)39-19-25-9-13-31-33-15-11-27-21-40(30-8-4-6-24(2)18-30)22-28-12-16-34(38(33)36(27)28)32-14-10-26(20-39)35(25)37(31)32;1-17(2)31-13-19-5-9-23-25-11-7-21-15-32(18(3)4)16-22-8-12-26(30(25)28(21)22)24-10-6-20(14-31)27(19)29(23)24/h9-30H,1-8H3;3-22H,1-2H3;5-18H,1-4H3/q3*+2. The average Bonchev–Trinajstić information content (AvgIpc) is 0.707. The zero-order chi connectivity index (χ0) is 82.8. The van der Waals surface area contributed by atoms with Gasteiger partial charge in [-0.25, -0.2) is 9.13 Å². The Bertz CT molecular complexity index is 7720. The van der Waals surface area contributed by atoms with Crippen molar-refractivity contribution in [2.75, 3.05) is 0 Å². The van der Waals surface area contributed by atoms with Crippen molar-refractivity contribution in [2.24, 2.45) is 0 Å². The van der Waals surface area contributed by atoms with Gasteiger partial charge in [-0.1, -0.05) is 189 Å². The van der Waals surface area contributed by atoms with Crippen LogP contribution in [0.15, 0.2) is 305 Å². The molecule has 0 spiro atoms. The highest BCUT2D eigenvalue weighted by atomic mass is 15.0. The van der Waals surface area contributed by atoms with Gasteiger partial charge in [0.25, 0.3) is 0 Å². The van der Waals surface area contributed by atoms with Gasteiger partial charge in [-0.05, 0) is 246 Å². The van der Waals surface area contributed by atoms with Gasteiger partial charge in [0, 0.05) is 143 Å². The summed E-state index contributed by atoms with van der Waals surface area (Å²) in [5.41, 5.74) is 13.2. The molecule has 586 valence electrons. The predicted octanol–water partition coefficient (Wildman–Crippen LogP) is 28.4. The fraction of sp³-hybridized carbons (Fsp3) is 0.172. The summed E-state index contributed by atoms with van der Waals surface area (Å²) in [5.74, 6) is 1.74. The zero-order valence-electron chi connectivity index (χ0n) is 72.0. The summed E-state index contributed by atoms with van der Waals surface area (Å²) in [5, 5.41) is 48.1. The van der Waals surface area contributed by atoms with Gasteiger partial charge in [0.2, 0.25) is 22.7 Å². The lowest BCUT2D eigenvalue weighted by Crippen LogP contribution is -2.35. The van der Waals surface area contributed by atoms with Crippen LogP contribution in [-0.4, -0.2) is 0 Å². The normalized spacial score (nSPS) is 12.6. The van der Waals surface area contributed by atoms with Crippen LogP contribution in [-0.2, 0) is 0 Å². The SMILES string of the molecule is CC(C)[n+]1cc2ccc3c4ccc5c[n+](C(C)C)cc6ccc(c7ccc(c1)c2c37)c4c56.CC(C)c1cccc(C(C)C)c1-[n+]1cc2ccc3c4ccc5c[n+](-c6c(C(C)C)cccc6C(C)C)cc6ccc(c7ccc(c1)c2c37)c4c56.Cc1cccc(-[n+]2cc3ccc4c5ccc6c[n+](-c7cccc(C)c7)cc7ccc(c8ccc(c2)c3c48)c5c67)c1. The summed E-state index contributed by atoms with van der Waals surface area (Å²) < 4.78 is 14.0. The Morgan fingerprint density at radius 1 is 0.180 bits per heavy atom. The average molecular weight is 1580 g/mol. The molecule has 122 heavy (non-hydrogen) atoms. The molecule has 0 aliphatic heterocycles. The van der Waals surface area contributed by atoms with E-state index in [9.17, 15) is 0 Å². The number of aryl methyl sites for hydroxylation is 2. The van der Waals surface area contributed by atoms with E-state index >= 15 is 0 Å². The summed E-state index contributed by atoms with van der Waals surface area (Å²) in [4.78, 5) is 0. The number of para-hydroxylation sites is 2. The molecule has 0 aliphatic carbocycles. The number of fused-ring (bicyclic) bond motifs is 6. The Morgan fingerprint density at radius 2 is 0.361 bits per heavy atom. The van der Waals surface area contributed by atoms with Crippen molar-refractivity contribution >= 4 is 194 Å². The first-order valence-corrected chi connectivity index (χ1v) is 44.1. The maximum atomic E-state index is 2.41. The first-order chi connectivity index (χ1) is 59.2. The van der Waals surface area contributed by atoms with Crippen molar-refractivity contribution in [3.05, 3.63) is 338 Å². The molecule has 0 saturated heterocycles. The molecule has 0 fully saturated rings. The van der Waals surface area contributed by atoms with Crippen LogP contribution >= 0.6 is 0 Å². The molecular formula is C116H98N6+6. The molecular weight excluding hydrogens is 1480 g/mol. The molecule has 0 amide bonds. The molecule has 25 rings (SSSR count). The molecule has 0 bridgehead atoms. The zero-order valence-corrected chi connectivity index (χ0v) is 72.0. The Kier molecular flexibility index (Phi) is 16.5. The van der Waals surface area contributed by atoms with E-state index in [0.29, 0.717) is 35.8 Å². The Labute approximate surface area is 710 Å². The third kappa shape index (κ3) is 11.1. The predicted molar refractivity (Wildman–Crippen MR) is 515 cm³/mol. The van der Waals surface area contributed by atoms with Crippen LogP contribution in [0.3, 0.4) is 0 Å². The monoisotopic (exact) mass is 1570 g/mol. The van der Waals surface area contributed by atoms with Crippen molar-refractivity contribution in [1.82, 2.24) is 0 Å². The van der Waals surface area contributed by atoms with Crippen molar-refractivity contribution < 1.29 is 27.4 Å². The van der Waals surface area contributed by atoms with E-state index in [-0.39, 0.29) is 0 Å². The highest BCUT2D eigenvalue weighted by molar-refractivity contribution is 6.42. The molecule has 6 aromatic heterocycles. The lowest BCUT2D eigenvalue weighted by Gasteiger charge is -2.19. The topological polar surface area (TPSA) is 23.3 Å². The van der Waals surface area contributed by atoms with Crippen LogP contribution < -0.4 is 27.4 Å².